The highest BCUT2D eigenvalue weighted by Crippen LogP contribution is 2.04. The van der Waals surface area contributed by atoms with Crippen molar-refractivity contribution in [3.63, 3.8) is 0 Å². The van der Waals surface area contributed by atoms with Crippen LogP contribution in [0.15, 0.2) is 12.8 Å². The highest BCUT2D eigenvalue weighted by atomic mass is 32.2. The monoisotopic (exact) mass is 132 g/mol. The third-order valence-electron chi connectivity index (χ3n) is 0.956. The minimum absolute atomic E-state index is 0.890. The fourth-order valence-corrected chi connectivity index (χ4v) is 1.16. The van der Waals surface area contributed by atoms with Crippen molar-refractivity contribution in [3.8, 4) is 0 Å². The maximum Gasteiger partial charge on any atom is 0.129 e. The number of rotatable bonds is 3. The van der Waals surface area contributed by atoms with E-state index in [1.807, 2.05) is 18.0 Å². The SMILES string of the molecule is C=C[N+](C)(C)CSC. The minimum atomic E-state index is 0.890. The van der Waals surface area contributed by atoms with Gasteiger partial charge < -0.3 is 0 Å². The summed E-state index contributed by atoms with van der Waals surface area (Å²) in [4.78, 5) is 0. The van der Waals surface area contributed by atoms with Crippen LogP contribution < -0.4 is 0 Å². The molecule has 0 fully saturated rings. The molecule has 0 aromatic rings. The molecule has 0 N–H and O–H groups in total. The molecule has 0 aromatic heterocycles. The summed E-state index contributed by atoms with van der Waals surface area (Å²) in [5.41, 5.74) is 0. The molecule has 0 saturated carbocycles. The van der Waals surface area contributed by atoms with Gasteiger partial charge in [-0.2, -0.15) is 0 Å². The Kier molecular flexibility index (Phi) is 3.17. The number of quaternary nitrogens is 1. The first kappa shape index (κ1) is 8.05. The van der Waals surface area contributed by atoms with E-state index in [0.717, 1.165) is 10.4 Å². The van der Waals surface area contributed by atoms with Crippen LogP contribution in [-0.2, 0) is 0 Å². The van der Waals surface area contributed by atoms with Gasteiger partial charge in [-0.05, 0) is 12.8 Å². The lowest BCUT2D eigenvalue weighted by Crippen LogP contribution is -2.31. The smallest absolute Gasteiger partial charge is 0.129 e. The summed E-state index contributed by atoms with van der Waals surface area (Å²) in [5, 5.41) is 0. The molecule has 0 aliphatic rings. The Bertz CT molecular complexity index is 78.6. The van der Waals surface area contributed by atoms with E-state index in [9.17, 15) is 0 Å². The van der Waals surface area contributed by atoms with Crippen LogP contribution in [0.4, 0.5) is 0 Å². The van der Waals surface area contributed by atoms with Gasteiger partial charge in [0.05, 0.1) is 20.3 Å². The molecule has 2 heteroatoms. The molecular formula is C6H14NS+. The highest BCUT2D eigenvalue weighted by molar-refractivity contribution is 7.98. The first-order valence-electron chi connectivity index (χ1n) is 2.57. The van der Waals surface area contributed by atoms with Gasteiger partial charge in [-0.1, -0.05) is 0 Å². The molecule has 0 saturated heterocycles. The zero-order valence-corrected chi connectivity index (χ0v) is 6.66. The molecule has 1 nitrogen and oxygen atoms in total. The topological polar surface area (TPSA) is 0 Å². The summed E-state index contributed by atoms with van der Waals surface area (Å²) < 4.78 is 0.890. The minimum Gasteiger partial charge on any atom is -0.294 e. The van der Waals surface area contributed by atoms with Gasteiger partial charge >= 0.3 is 0 Å². The normalized spacial score (nSPS) is 11.4. The third-order valence-corrected chi connectivity index (χ3v) is 1.88. The van der Waals surface area contributed by atoms with Crippen molar-refractivity contribution in [3.05, 3.63) is 12.8 Å². The maximum atomic E-state index is 3.71. The predicted octanol–water partition coefficient (Wildman–Crippen LogP) is 1.53. The molecular weight excluding hydrogens is 118 g/mol. The van der Waals surface area contributed by atoms with Crippen molar-refractivity contribution in [1.82, 2.24) is 0 Å². The lowest BCUT2D eigenvalue weighted by molar-refractivity contribution is -0.824. The molecule has 48 valence electrons. The summed E-state index contributed by atoms with van der Waals surface area (Å²) >= 11 is 1.83. The van der Waals surface area contributed by atoms with E-state index in [4.69, 9.17) is 0 Å². The van der Waals surface area contributed by atoms with Gasteiger partial charge in [-0.15, -0.1) is 11.8 Å². The number of hydrogen-bond acceptors (Lipinski definition) is 1. The molecule has 0 radical (unpaired) electrons. The number of nitrogens with zero attached hydrogens (tertiary/aromatic N) is 1. The number of hydrogen-bond donors (Lipinski definition) is 0. The summed E-state index contributed by atoms with van der Waals surface area (Å²) in [6.45, 7) is 3.71. The van der Waals surface area contributed by atoms with Crippen LogP contribution in [0.2, 0.25) is 0 Å². The zero-order chi connectivity index (χ0) is 6.62. The van der Waals surface area contributed by atoms with E-state index in [1.165, 1.54) is 0 Å². The molecule has 0 aliphatic heterocycles. The van der Waals surface area contributed by atoms with Crippen LogP contribution in [0.5, 0.6) is 0 Å². The Morgan fingerprint density at radius 3 is 2.25 bits per heavy atom. The van der Waals surface area contributed by atoms with E-state index in [0.29, 0.717) is 0 Å². The molecule has 0 amide bonds. The molecule has 8 heavy (non-hydrogen) atoms. The third kappa shape index (κ3) is 3.10. The predicted molar refractivity (Wildman–Crippen MR) is 40.7 cm³/mol. The number of thioether (sulfide) groups is 1. The Hall–Kier alpha value is 0.0500. The van der Waals surface area contributed by atoms with Crippen molar-refractivity contribution < 1.29 is 4.48 Å². The maximum absolute atomic E-state index is 3.71. The molecule has 0 aromatic carbocycles. The first-order valence-corrected chi connectivity index (χ1v) is 3.97. The molecule has 0 spiro atoms. The molecule has 0 atom stereocenters. The summed E-state index contributed by atoms with van der Waals surface area (Å²) in [6, 6.07) is 0. The quantitative estimate of drug-likeness (QED) is 0.414. The summed E-state index contributed by atoms with van der Waals surface area (Å²) in [6.07, 6.45) is 4.04. The largest absolute Gasteiger partial charge is 0.294 e. The van der Waals surface area contributed by atoms with E-state index in [2.05, 4.69) is 26.9 Å². The van der Waals surface area contributed by atoms with Crippen molar-refractivity contribution >= 4 is 11.8 Å². The Morgan fingerprint density at radius 1 is 1.62 bits per heavy atom. The van der Waals surface area contributed by atoms with Gasteiger partial charge in [0.2, 0.25) is 0 Å². The summed E-state index contributed by atoms with van der Waals surface area (Å²) in [7, 11) is 4.26. The second kappa shape index (κ2) is 3.15. The average molecular weight is 132 g/mol. The van der Waals surface area contributed by atoms with Gasteiger partial charge in [0.25, 0.3) is 0 Å². The van der Waals surface area contributed by atoms with Crippen LogP contribution in [0.3, 0.4) is 0 Å². The van der Waals surface area contributed by atoms with Gasteiger partial charge in [0, 0.05) is 0 Å². The van der Waals surface area contributed by atoms with Crippen molar-refractivity contribution in [2.45, 2.75) is 0 Å². The Balaban J connectivity index is 3.53. The molecule has 0 aliphatic carbocycles. The zero-order valence-electron chi connectivity index (χ0n) is 5.85. The average Bonchev–Trinajstić information content (AvgIpc) is 1.67. The molecule has 0 rings (SSSR count). The van der Waals surface area contributed by atoms with Crippen molar-refractivity contribution in [2.75, 3.05) is 26.2 Å². The molecule has 0 unspecified atom stereocenters. The Morgan fingerprint density at radius 2 is 2.12 bits per heavy atom. The summed E-state index contributed by atoms with van der Waals surface area (Å²) in [5.74, 6) is 1.10. The van der Waals surface area contributed by atoms with Crippen molar-refractivity contribution in [1.29, 1.82) is 0 Å². The van der Waals surface area contributed by atoms with E-state index >= 15 is 0 Å². The van der Waals surface area contributed by atoms with Crippen LogP contribution in [0, 0.1) is 0 Å². The van der Waals surface area contributed by atoms with Gasteiger partial charge in [0.1, 0.15) is 5.88 Å². The fraction of sp³-hybridized carbons (Fsp3) is 0.667. The second-order valence-corrected chi connectivity index (χ2v) is 3.21. The second-order valence-electron chi connectivity index (χ2n) is 2.38. The highest BCUT2D eigenvalue weighted by Gasteiger charge is 2.05. The van der Waals surface area contributed by atoms with Crippen LogP contribution in [0.25, 0.3) is 0 Å². The van der Waals surface area contributed by atoms with E-state index in [-0.39, 0.29) is 0 Å². The van der Waals surface area contributed by atoms with Gasteiger partial charge in [-0.3, -0.25) is 4.48 Å². The standard InChI is InChI=1S/C6H14NS/c1-5-7(2,3)6-8-4/h5H,1,6H2,2-4H3/q+1. The van der Waals surface area contributed by atoms with Gasteiger partial charge in [-0.25, -0.2) is 0 Å². The van der Waals surface area contributed by atoms with Gasteiger partial charge in [0.15, 0.2) is 0 Å². The molecule has 0 bridgehead atoms. The van der Waals surface area contributed by atoms with E-state index < -0.39 is 0 Å². The lowest BCUT2D eigenvalue weighted by Gasteiger charge is -2.22. The van der Waals surface area contributed by atoms with Crippen molar-refractivity contribution in [2.24, 2.45) is 0 Å². The van der Waals surface area contributed by atoms with E-state index in [1.54, 1.807) is 0 Å². The fourth-order valence-electron chi connectivity index (χ4n) is 0.385. The first-order chi connectivity index (χ1) is 3.62. The van der Waals surface area contributed by atoms with Crippen LogP contribution in [0.1, 0.15) is 0 Å². The Labute approximate surface area is 56.0 Å². The van der Waals surface area contributed by atoms with Crippen LogP contribution >= 0.6 is 11.8 Å². The van der Waals surface area contributed by atoms with Crippen LogP contribution in [-0.4, -0.2) is 30.7 Å². The lowest BCUT2D eigenvalue weighted by atomic mass is 10.7. The molecule has 0 heterocycles.